The second kappa shape index (κ2) is 14.6. The maximum absolute atomic E-state index is 12.7. The Bertz CT molecular complexity index is 1860. The number of aromatic nitrogens is 1. The number of hydrazone groups is 1. The first-order valence-electron chi connectivity index (χ1n) is 14.3. The summed E-state index contributed by atoms with van der Waals surface area (Å²) in [5, 5.41) is 15.1. The molecule has 2 heterocycles. The van der Waals surface area contributed by atoms with E-state index in [1.807, 2.05) is 31.2 Å². The number of nitrogens with one attached hydrogen (secondary N) is 1. The molecule has 236 valence electrons. The first-order chi connectivity index (χ1) is 22.2. The maximum Gasteiger partial charge on any atom is 0.307 e. The molecule has 0 bridgehead atoms. The molecule has 1 amide bonds. The van der Waals surface area contributed by atoms with Gasteiger partial charge in [-0.05, 0) is 103 Å². The minimum Gasteiger partial charge on any atom is -0.490 e. The average molecular weight is 688 g/mol. The largest absolute Gasteiger partial charge is 0.490 e. The van der Waals surface area contributed by atoms with Crippen molar-refractivity contribution in [3.05, 3.63) is 134 Å². The zero-order chi connectivity index (χ0) is 32.6. The van der Waals surface area contributed by atoms with E-state index in [-0.39, 0.29) is 24.7 Å². The van der Waals surface area contributed by atoms with Gasteiger partial charge in [0.1, 0.15) is 24.7 Å². The Morgan fingerprint density at radius 1 is 0.957 bits per heavy atom. The summed E-state index contributed by atoms with van der Waals surface area (Å²) in [7, 11) is 0. The molecule has 11 nitrogen and oxygen atoms in total. The second-order valence-corrected chi connectivity index (χ2v) is 11.0. The number of furan rings is 1. The van der Waals surface area contributed by atoms with Crippen molar-refractivity contribution in [2.24, 2.45) is 5.10 Å². The fourth-order valence-electron chi connectivity index (χ4n) is 4.67. The van der Waals surface area contributed by atoms with Gasteiger partial charge in [0.05, 0.1) is 17.7 Å². The number of amides is 1. The molecule has 5 rings (SSSR count). The van der Waals surface area contributed by atoms with Gasteiger partial charge in [0.25, 0.3) is 5.69 Å². The highest BCUT2D eigenvalue weighted by atomic mass is 79.9. The monoisotopic (exact) mass is 686 g/mol. The van der Waals surface area contributed by atoms with Crippen LogP contribution in [0.3, 0.4) is 0 Å². The highest BCUT2D eigenvalue weighted by Gasteiger charge is 2.14. The zero-order valence-corrected chi connectivity index (χ0v) is 26.9. The molecule has 0 fully saturated rings. The standard InChI is InChI=1S/C34H31BrN4O7/c1-4-43-32-17-25(30(35)18-33(32)45-20-24-6-5-7-27(16-24)39(41)42)19-36-37-34(40)31-15-14-29(46-31)21-44-28-12-10-26(11-13-28)38-22(2)8-9-23(38)3/h5-19H,4,20-21H2,1-3H3,(H,37,40)/b36-19+. The quantitative estimate of drug-likeness (QED) is 0.0764. The number of nitrogens with zero attached hydrogens (tertiary/aromatic N) is 3. The Morgan fingerprint density at radius 2 is 1.70 bits per heavy atom. The molecular weight excluding hydrogens is 656 g/mol. The van der Waals surface area contributed by atoms with E-state index < -0.39 is 10.8 Å². The molecule has 46 heavy (non-hydrogen) atoms. The predicted molar refractivity (Wildman–Crippen MR) is 176 cm³/mol. The molecule has 0 unspecified atom stereocenters. The molecule has 3 aromatic carbocycles. The molecule has 1 N–H and O–H groups in total. The number of hydrogen-bond acceptors (Lipinski definition) is 8. The Balaban J connectivity index is 1.16. The van der Waals surface area contributed by atoms with E-state index in [1.165, 1.54) is 18.3 Å². The average Bonchev–Trinajstić information content (AvgIpc) is 3.67. The molecule has 0 saturated heterocycles. The van der Waals surface area contributed by atoms with Crippen LogP contribution in [0.2, 0.25) is 0 Å². The van der Waals surface area contributed by atoms with Gasteiger partial charge in [-0.15, -0.1) is 0 Å². The van der Waals surface area contributed by atoms with E-state index in [4.69, 9.17) is 18.6 Å². The minimum atomic E-state index is -0.526. The molecule has 2 aromatic heterocycles. The number of ether oxygens (including phenoxy) is 3. The van der Waals surface area contributed by atoms with E-state index in [0.717, 1.165) is 17.1 Å². The van der Waals surface area contributed by atoms with Crippen molar-refractivity contribution in [1.82, 2.24) is 9.99 Å². The molecule has 0 aliphatic heterocycles. The predicted octanol–water partition coefficient (Wildman–Crippen LogP) is 7.68. The van der Waals surface area contributed by atoms with Gasteiger partial charge in [-0.25, -0.2) is 5.43 Å². The summed E-state index contributed by atoms with van der Waals surface area (Å²) in [5.41, 5.74) is 7.06. The number of benzene rings is 3. The van der Waals surface area contributed by atoms with Crippen LogP contribution in [0.5, 0.6) is 17.2 Å². The molecule has 0 aliphatic carbocycles. The highest BCUT2D eigenvalue weighted by molar-refractivity contribution is 9.10. The van der Waals surface area contributed by atoms with Gasteiger partial charge < -0.3 is 23.2 Å². The third-order valence-corrected chi connectivity index (χ3v) is 7.57. The lowest BCUT2D eigenvalue weighted by Crippen LogP contribution is -2.16. The van der Waals surface area contributed by atoms with Crippen LogP contribution in [0.1, 0.15) is 45.8 Å². The second-order valence-electron chi connectivity index (χ2n) is 10.2. The van der Waals surface area contributed by atoms with Gasteiger partial charge in [0.15, 0.2) is 17.3 Å². The number of carbonyl (C=O) groups excluding carboxylic acids is 1. The molecule has 0 saturated carbocycles. The number of carbonyl (C=O) groups is 1. The summed E-state index contributed by atoms with van der Waals surface area (Å²) in [6.45, 7) is 6.60. The molecular formula is C34H31BrN4O7. The summed E-state index contributed by atoms with van der Waals surface area (Å²) >= 11 is 3.50. The number of nitro benzene ring substituents is 1. The van der Waals surface area contributed by atoms with Crippen LogP contribution in [-0.4, -0.2) is 28.2 Å². The van der Waals surface area contributed by atoms with E-state index >= 15 is 0 Å². The lowest BCUT2D eigenvalue weighted by atomic mass is 10.2. The zero-order valence-electron chi connectivity index (χ0n) is 25.4. The number of non-ortho nitro benzene ring substituents is 1. The van der Waals surface area contributed by atoms with Crippen molar-refractivity contribution in [1.29, 1.82) is 0 Å². The van der Waals surface area contributed by atoms with Crippen molar-refractivity contribution < 1.29 is 28.3 Å². The SMILES string of the molecule is CCOc1cc(/C=N/NC(=O)c2ccc(COc3ccc(-n4c(C)ccc4C)cc3)o2)c(Br)cc1OCc1cccc([N+](=O)[O-])c1. The third kappa shape index (κ3) is 7.83. The van der Waals surface area contributed by atoms with Crippen LogP contribution in [0.15, 0.2) is 98.9 Å². The summed E-state index contributed by atoms with van der Waals surface area (Å²) in [6, 6.07) is 24.8. The van der Waals surface area contributed by atoms with Gasteiger partial charge in [0.2, 0.25) is 0 Å². The maximum atomic E-state index is 12.7. The number of hydrogen-bond donors (Lipinski definition) is 1. The number of aryl methyl sites for hydroxylation is 2. The highest BCUT2D eigenvalue weighted by Crippen LogP contribution is 2.34. The Hall–Kier alpha value is -5.36. The van der Waals surface area contributed by atoms with Crippen molar-refractivity contribution in [3.8, 4) is 22.9 Å². The number of rotatable bonds is 13. The van der Waals surface area contributed by atoms with Gasteiger partial charge in [-0.2, -0.15) is 5.10 Å². The van der Waals surface area contributed by atoms with Crippen molar-refractivity contribution in [2.75, 3.05) is 6.61 Å². The van der Waals surface area contributed by atoms with Crippen LogP contribution in [0.25, 0.3) is 5.69 Å². The number of nitro groups is 1. The van der Waals surface area contributed by atoms with Crippen LogP contribution in [-0.2, 0) is 13.2 Å². The van der Waals surface area contributed by atoms with E-state index in [2.05, 4.69) is 57.0 Å². The van der Waals surface area contributed by atoms with Crippen LogP contribution in [0.4, 0.5) is 5.69 Å². The fourth-order valence-corrected chi connectivity index (χ4v) is 5.09. The molecule has 5 aromatic rings. The lowest BCUT2D eigenvalue weighted by Gasteiger charge is -2.14. The summed E-state index contributed by atoms with van der Waals surface area (Å²) in [6.07, 6.45) is 1.46. The Labute approximate surface area is 273 Å². The fraction of sp³-hybridized carbons (Fsp3) is 0.176. The third-order valence-electron chi connectivity index (χ3n) is 6.88. The van der Waals surface area contributed by atoms with Crippen LogP contribution >= 0.6 is 15.9 Å². The normalized spacial score (nSPS) is 11.0. The summed E-state index contributed by atoms with van der Waals surface area (Å²) < 4.78 is 26.0. The molecule has 0 radical (unpaired) electrons. The molecule has 0 aliphatic rings. The van der Waals surface area contributed by atoms with Crippen LogP contribution in [0, 0.1) is 24.0 Å². The van der Waals surface area contributed by atoms with Gasteiger partial charge in [-0.3, -0.25) is 14.9 Å². The van der Waals surface area contributed by atoms with Gasteiger partial charge >= 0.3 is 5.91 Å². The smallest absolute Gasteiger partial charge is 0.307 e. The first kappa shape index (κ1) is 32.0. The first-order valence-corrected chi connectivity index (χ1v) is 15.1. The van der Waals surface area contributed by atoms with E-state index in [0.29, 0.717) is 45.2 Å². The van der Waals surface area contributed by atoms with Gasteiger partial charge in [-0.1, -0.05) is 12.1 Å². The minimum absolute atomic E-state index is 0.0139. The Morgan fingerprint density at radius 3 is 2.41 bits per heavy atom. The molecule has 12 heteroatoms. The summed E-state index contributed by atoms with van der Waals surface area (Å²) in [5.74, 6) is 1.61. The summed E-state index contributed by atoms with van der Waals surface area (Å²) in [4.78, 5) is 23.3. The Kier molecular flexibility index (Phi) is 10.2. The van der Waals surface area contributed by atoms with Gasteiger partial charge in [0, 0.05) is 39.2 Å². The van der Waals surface area contributed by atoms with Crippen molar-refractivity contribution in [3.63, 3.8) is 0 Å². The van der Waals surface area contributed by atoms with Crippen molar-refractivity contribution in [2.45, 2.75) is 34.0 Å². The topological polar surface area (TPSA) is 130 Å². The van der Waals surface area contributed by atoms with E-state index in [9.17, 15) is 14.9 Å². The molecule has 0 spiro atoms. The van der Waals surface area contributed by atoms with Crippen LogP contribution < -0.4 is 19.6 Å². The number of halogens is 1. The molecule has 0 atom stereocenters. The van der Waals surface area contributed by atoms with E-state index in [1.54, 1.807) is 36.4 Å². The lowest BCUT2D eigenvalue weighted by molar-refractivity contribution is -0.384. The van der Waals surface area contributed by atoms with Crippen molar-refractivity contribution >= 4 is 33.7 Å².